The van der Waals surface area contributed by atoms with Gasteiger partial charge in [-0.15, -0.1) is 0 Å². The van der Waals surface area contributed by atoms with Gasteiger partial charge >= 0.3 is 0 Å². The number of likely N-dealkylation sites (tertiary alicyclic amines) is 1. The molecule has 5 nitrogen and oxygen atoms in total. The molecule has 0 radical (unpaired) electrons. The highest BCUT2D eigenvalue weighted by atomic mass is 35.5. The molecule has 0 spiro atoms. The maximum Gasteiger partial charge on any atom is 0.236 e. The first-order valence-electron chi connectivity index (χ1n) is 11.7. The van der Waals surface area contributed by atoms with Gasteiger partial charge in [0.15, 0.2) is 11.6 Å². The molecule has 1 heterocycles. The van der Waals surface area contributed by atoms with Crippen LogP contribution in [0.1, 0.15) is 32.2 Å². The standard InChI is InChI=1S/C29H29ClN2O3/c1-31(2)26(33)19-32-17-23(28(34)20-11-5-3-6-12-20)27(22-15-9-10-16-25(22)30)24(18-32)29(35)21-13-7-4-8-14-21/h3-16,23-24,27H,17-19H2,1-2H3/t23-,24-/m0/s1. The molecule has 1 amide bonds. The second-order valence-corrected chi connectivity index (χ2v) is 9.61. The number of Topliss-reactive ketones (excluding diaryl/α,β-unsaturated/α-hetero) is 2. The van der Waals surface area contributed by atoms with Crippen molar-refractivity contribution in [1.29, 1.82) is 0 Å². The fraction of sp³-hybridized carbons (Fsp3) is 0.276. The van der Waals surface area contributed by atoms with Crippen LogP contribution in [0, 0.1) is 11.8 Å². The van der Waals surface area contributed by atoms with Crippen LogP contribution in [0.3, 0.4) is 0 Å². The third kappa shape index (κ3) is 5.53. The smallest absolute Gasteiger partial charge is 0.236 e. The van der Waals surface area contributed by atoms with E-state index in [1.165, 1.54) is 4.90 Å². The molecule has 1 aliphatic heterocycles. The molecule has 0 saturated carbocycles. The van der Waals surface area contributed by atoms with Crippen LogP contribution in [0.5, 0.6) is 0 Å². The predicted molar refractivity (Wildman–Crippen MR) is 138 cm³/mol. The number of carbonyl (C=O) groups excluding carboxylic acids is 3. The average Bonchev–Trinajstić information content (AvgIpc) is 2.88. The Balaban J connectivity index is 1.82. The molecule has 180 valence electrons. The summed E-state index contributed by atoms with van der Waals surface area (Å²) in [5.74, 6) is -1.68. The Morgan fingerprint density at radius 2 is 1.23 bits per heavy atom. The van der Waals surface area contributed by atoms with E-state index in [-0.39, 0.29) is 24.0 Å². The Morgan fingerprint density at radius 1 is 0.771 bits per heavy atom. The van der Waals surface area contributed by atoms with Crippen molar-refractivity contribution in [2.75, 3.05) is 33.7 Å². The number of ketones is 2. The number of halogens is 1. The van der Waals surface area contributed by atoms with Crippen LogP contribution in [0.2, 0.25) is 5.02 Å². The SMILES string of the molecule is CN(C)C(=O)CN1C[C@H](C(=O)c2ccccc2)C(c2ccccc2Cl)[C@@H](C(=O)c2ccccc2)C1. The number of hydrogen-bond acceptors (Lipinski definition) is 4. The van der Waals surface area contributed by atoms with Crippen LogP contribution in [0.4, 0.5) is 0 Å². The van der Waals surface area contributed by atoms with Gasteiger partial charge in [0.1, 0.15) is 0 Å². The van der Waals surface area contributed by atoms with E-state index in [1.54, 1.807) is 44.4 Å². The van der Waals surface area contributed by atoms with Crippen molar-refractivity contribution in [1.82, 2.24) is 9.80 Å². The first-order chi connectivity index (χ1) is 16.9. The molecule has 0 N–H and O–H groups in total. The molecule has 0 unspecified atom stereocenters. The number of benzene rings is 3. The van der Waals surface area contributed by atoms with Gasteiger partial charge in [-0.2, -0.15) is 0 Å². The number of likely N-dealkylation sites (N-methyl/N-ethyl adjacent to an activating group) is 1. The lowest BCUT2D eigenvalue weighted by Crippen LogP contribution is -2.52. The Hall–Kier alpha value is -3.28. The summed E-state index contributed by atoms with van der Waals surface area (Å²) in [7, 11) is 3.41. The third-order valence-electron chi connectivity index (χ3n) is 6.69. The van der Waals surface area contributed by atoms with Crippen molar-refractivity contribution >= 4 is 29.1 Å². The van der Waals surface area contributed by atoms with Gasteiger partial charge in [-0.1, -0.05) is 90.5 Å². The Kier molecular flexibility index (Phi) is 7.79. The van der Waals surface area contributed by atoms with Crippen molar-refractivity contribution in [3.8, 4) is 0 Å². The lowest BCUT2D eigenvalue weighted by Gasteiger charge is -2.43. The minimum absolute atomic E-state index is 0.0524. The van der Waals surface area contributed by atoms with Gasteiger partial charge in [-0.05, 0) is 11.6 Å². The third-order valence-corrected chi connectivity index (χ3v) is 7.03. The van der Waals surface area contributed by atoms with E-state index in [1.807, 2.05) is 59.5 Å². The first kappa shape index (κ1) is 24.8. The highest BCUT2D eigenvalue weighted by Crippen LogP contribution is 2.43. The largest absolute Gasteiger partial charge is 0.348 e. The Bertz CT molecular complexity index is 1140. The van der Waals surface area contributed by atoms with Crippen molar-refractivity contribution in [3.63, 3.8) is 0 Å². The van der Waals surface area contributed by atoms with Gasteiger partial charge in [0, 0.05) is 61.1 Å². The molecule has 3 aromatic carbocycles. The van der Waals surface area contributed by atoms with Crippen molar-refractivity contribution < 1.29 is 14.4 Å². The van der Waals surface area contributed by atoms with E-state index in [0.29, 0.717) is 29.2 Å². The number of nitrogens with zero attached hydrogens (tertiary/aromatic N) is 2. The van der Waals surface area contributed by atoms with Crippen LogP contribution in [0.15, 0.2) is 84.9 Å². The molecule has 1 aliphatic rings. The molecule has 35 heavy (non-hydrogen) atoms. The van der Waals surface area contributed by atoms with E-state index < -0.39 is 17.8 Å². The van der Waals surface area contributed by atoms with Gasteiger partial charge < -0.3 is 4.90 Å². The maximum atomic E-state index is 13.9. The monoisotopic (exact) mass is 488 g/mol. The highest BCUT2D eigenvalue weighted by molar-refractivity contribution is 6.31. The van der Waals surface area contributed by atoms with E-state index in [2.05, 4.69) is 0 Å². The summed E-state index contributed by atoms with van der Waals surface area (Å²) >= 11 is 6.65. The quantitative estimate of drug-likeness (QED) is 0.447. The Morgan fingerprint density at radius 3 is 1.69 bits per heavy atom. The van der Waals surface area contributed by atoms with E-state index in [0.717, 1.165) is 5.56 Å². The molecule has 6 heteroatoms. The topological polar surface area (TPSA) is 57.7 Å². The van der Waals surface area contributed by atoms with E-state index in [4.69, 9.17) is 11.6 Å². The normalized spacial score (nSPS) is 18.7. The summed E-state index contributed by atoms with van der Waals surface area (Å²) < 4.78 is 0. The van der Waals surface area contributed by atoms with Gasteiger partial charge in [-0.25, -0.2) is 0 Å². The van der Waals surface area contributed by atoms with Crippen molar-refractivity contribution in [2.24, 2.45) is 11.8 Å². The van der Waals surface area contributed by atoms with Crippen LogP contribution in [-0.2, 0) is 4.79 Å². The van der Waals surface area contributed by atoms with E-state index in [9.17, 15) is 14.4 Å². The lowest BCUT2D eigenvalue weighted by atomic mass is 9.68. The van der Waals surface area contributed by atoms with Crippen molar-refractivity contribution in [3.05, 3.63) is 107 Å². The highest BCUT2D eigenvalue weighted by Gasteiger charge is 2.45. The molecule has 3 aromatic rings. The number of hydrogen-bond donors (Lipinski definition) is 0. The van der Waals surface area contributed by atoms with Crippen LogP contribution in [-0.4, -0.2) is 61.0 Å². The molecule has 2 atom stereocenters. The zero-order valence-corrected chi connectivity index (χ0v) is 20.7. The van der Waals surface area contributed by atoms with Gasteiger partial charge in [0.25, 0.3) is 0 Å². The lowest BCUT2D eigenvalue weighted by molar-refractivity contribution is -0.130. The van der Waals surface area contributed by atoms with Gasteiger partial charge in [-0.3, -0.25) is 19.3 Å². The summed E-state index contributed by atoms with van der Waals surface area (Å²) in [5.41, 5.74) is 1.96. The second-order valence-electron chi connectivity index (χ2n) is 9.20. The fourth-order valence-corrected chi connectivity index (χ4v) is 5.17. The summed E-state index contributed by atoms with van der Waals surface area (Å²) in [5, 5.41) is 0.534. The number of piperidine rings is 1. The Labute approximate surface area is 211 Å². The summed E-state index contributed by atoms with van der Waals surface area (Å²) in [4.78, 5) is 43.8. The minimum atomic E-state index is -0.543. The molecule has 0 aromatic heterocycles. The van der Waals surface area contributed by atoms with Crippen molar-refractivity contribution in [2.45, 2.75) is 5.92 Å². The number of rotatable bonds is 7. The molecule has 1 saturated heterocycles. The predicted octanol–water partition coefficient (Wildman–Crippen LogP) is 4.83. The molecule has 0 bridgehead atoms. The second kappa shape index (κ2) is 11.0. The van der Waals surface area contributed by atoms with Crippen LogP contribution >= 0.6 is 11.6 Å². The summed E-state index contributed by atoms with van der Waals surface area (Å²) in [6.07, 6.45) is 0. The first-order valence-corrected chi connectivity index (χ1v) is 12.1. The molecule has 1 fully saturated rings. The minimum Gasteiger partial charge on any atom is -0.348 e. The summed E-state index contributed by atoms with van der Waals surface area (Å²) in [6.45, 7) is 0.864. The average molecular weight is 489 g/mol. The zero-order valence-electron chi connectivity index (χ0n) is 19.9. The number of carbonyl (C=O) groups is 3. The van der Waals surface area contributed by atoms with Crippen LogP contribution in [0.25, 0.3) is 0 Å². The summed E-state index contributed by atoms with van der Waals surface area (Å²) in [6, 6.07) is 25.7. The molecule has 0 aliphatic carbocycles. The molecular formula is C29H29ClN2O3. The number of amides is 1. The molecule has 4 rings (SSSR count). The molecular weight excluding hydrogens is 460 g/mol. The van der Waals surface area contributed by atoms with Crippen LogP contribution < -0.4 is 0 Å². The fourth-order valence-electron chi connectivity index (χ4n) is 4.90. The maximum absolute atomic E-state index is 13.9. The zero-order chi connectivity index (χ0) is 24.9. The van der Waals surface area contributed by atoms with E-state index >= 15 is 0 Å². The van der Waals surface area contributed by atoms with Gasteiger partial charge in [0.05, 0.1) is 6.54 Å². The van der Waals surface area contributed by atoms with Gasteiger partial charge in [0.2, 0.25) is 5.91 Å².